The normalized spacial score (nSPS) is 9.77. The highest BCUT2D eigenvalue weighted by Gasteiger charge is 2.14. The van der Waals surface area contributed by atoms with Gasteiger partial charge in [0.15, 0.2) is 11.6 Å². The van der Waals surface area contributed by atoms with Gasteiger partial charge in [-0.25, -0.2) is 8.78 Å². The second-order valence-electron chi connectivity index (χ2n) is 2.40. The average molecular weight is 186 g/mol. The van der Waals surface area contributed by atoms with Crippen LogP contribution in [-0.4, -0.2) is 13.0 Å². The number of amides is 1. The Balaban J connectivity index is 3.26. The van der Waals surface area contributed by atoms with E-state index in [4.69, 9.17) is 5.73 Å². The zero-order chi connectivity index (χ0) is 10.0. The van der Waals surface area contributed by atoms with Crippen LogP contribution in [0.2, 0.25) is 0 Å². The molecule has 1 aromatic carbocycles. The molecule has 0 saturated heterocycles. The molecule has 0 heterocycles. The summed E-state index contributed by atoms with van der Waals surface area (Å²) in [6.07, 6.45) is 0. The first-order chi connectivity index (χ1) is 6.07. The number of carbonyl (C=O) groups excluding carboxylic acids is 1. The summed E-state index contributed by atoms with van der Waals surface area (Å²) in [6.45, 7) is 0. The van der Waals surface area contributed by atoms with Gasteiger partial charge in [0, 0.05) is 7.05 Å². The number of rotatable bonds is 1. The number of nitrogen functional groups attached to an aromatic ring is 1. The Morgan fingerprint density at radius 3 is 2.62 bits per heavy atom. The smallest absolute Gasteiger partial charge is 0.253 e. The predicted molar refractivity (Wildman–Crippen MR) is 44.2 cm³/mol. The Kier molecular flexibility index (Phi) is 2.46. The largest absolute Gasteiger partial charge is 0.396 e. The second kappa shape index (κ2) is 3.38. The molecule has 0 saturated carbocycles. The summed E-state index contributed by atoms with van der Waals surface area (Å²) >= 11 is 0. The van der Waals surface area contributed by atoms with Crippen LogP contribution < -0.4 is 11.1 Å². The lowest BCUT2D eigenvalue weighted by Crippen LogP contribution is -2.20. The third-order valence-corrected chi connectivity index (χ3v) is 1.60. The molecule has 3 N–H and O–H groups in total. The zero-order valence-corrected chi connectivity index (χ0v) is 6.90. The number of nitrogens with one attached hydrogen (secondary N) is 1. The minimum absolute atomic E-state index is 0.0681. The summed E-state index contributed by atoms with van der Waals surface area (Å²) in [4.78, 5) is 11.0. The molecule has 0 fully saturated rings. The first-order valence-electron chi connectivity index (χ1n) is 3.53. The lowest BCUT2D eigenvalue weighted by molar-refractivity contribution is 0.0963. The zero-order valence-electron chi connectivity index (χ0n) is 6.90. The van der Waals surface area contributed by atoms with Gasteiger partial charge in [0.2, 0.25) is 0 Å². The second-order valence-corrected chi connectivity index (χ2v) is 2.40. The van der Waals surface area contributed by atoms with E-state index in [-0.39, 0.29) is 5.56 Å². The molecule has 70 valence electrons. The summed E-state index contributed by atoms with van der Waals surface area (Å²) in [6, 6.07) is 1.99. The van der Waals surface area contributed by atoms with Gasteiger partial charge >= 0.3 is 0 Å². The van der Waals surface area contributed by atoms with Crippen molar-refractivity contribution in [1.29, 1.82) is 0 Å². The fraction of sp³-hybridized carbons (Fsp3) is 0.125. The van der Waals surface area contributed by atoms with E-state index in [0.717, 1.165) is 12.1 Å². The van der Waals surface area contributed by atoms with E-state index in [2.05, 4.69) is 5.32 Å². The molecule has 0 radical (unpaired) electrons. The highest BCUT2D eigenvalue weighted by Crippen LogP contribution is 2.18. The minimum Gasteiger partial charge on any atom is -0.396 e. The molecule has 0 aliphatic rings. The van der Waals surface area contributed by atoms with Crippen molar-refractivity contribution < 1.29 is 13.6 Å². The van der Waals surface area contributed by atoms with Crippen molar-refractivity contribution in [2.75, 3.05) is 12.8 Å². The van der Waals surface area contributed by atoms with Crippen LogP contribution in [0.15, 0.2) is 12.1 Å². The van der Waals surface area contributed by atoms with Crippen molar-refractivity contribution in [3.05, 3.63) is 29.3 Å². The maximum Gasteiger partial charge on any atom is 0.253 e. The van der Waals surface area contributed by atoms with E-state index in [1.54, 1.807) is 0 Å². The molecular weight excluding hydrogens is 178 g/mol. The molecule has 0 spiro atoms. The molecule has 13 heavy (non-hydrogen) atoms. The van der Waals surface area contributed by atoms with Gasteiger partial charge in [-0.05, 0) is 12.1 Å². The third kappa shape index (κ3) is 1.58. The molecule has 1 amide bonds. The van der Waals surface area contributed by atoms with Gasteiger partial charge in [0.25, 0.3) is 5.91 Å². The maximum atomic E-state index is 12.8. The Morgan fingerprint density at radius 2 is 2.08 bits per heavy atom. The fourth-order valence-corrected chi connectivity index (χ4v) is 0.899. The molecule has 5 heteroatoms. The van der Waals surface area contributed by atoms with Crippen LogP contribution >= 0.6 is 0 Å². The summed E-state index contributed by atoms with van der Waals surface area (Å²) in [5.74, 6) is -2.80. The van der Waals surface area contributed by atoms with Crippen LogP contribution in [0.25, 0.3) is 0 Å². The number of halogens is 2. The summed E-state index contributed by atoms with van der Waals surface area (Å²) in [7, 11) is 1.38. The molecular formula is C8H8F2N2O. The average Bonchev–Trinajstić information content (AvgIpc) is 2.13. The van der Waals surface area contributed by atoms with E-state index in [1.807, 2.05) is 0 Å². The number of nitrogens with two attached hydrogens (primary N) is 1. The highest BCUT2D eigenvalue weighted by atomic mass is 19.2. The molecule has 1 rings (SSSR count). The standard InChI is InChI=1S/C8H8F2N2O/c1-12-8(13)4-2-3-5(9)6(10)7(4)11/h2-3H,11H2,1H3,(H,12,13). The van der Waals surface area contributed by atoms with Gasteiger partial charge in [-0.15, -0.1) is 0 Å². The quantitative estimate of drug-likeness (QED) is 0.640. The van der Waals surface area contributed by atoms with Crippen LogP contribution in [-0.2, 0) is 0 Å². The molecule has 3 nitrogen and oxygen atoms in total. The van der Waals surface area contributed by atoms with Gasteiger partial charge in [0.1, 0.15) is 0 Å². The molecule has 1 aromatic rings. The van der Waals surface area contributed by atoms with Crippen molar-refractivity contribution >= 4 is 11.6 Å². The van der Waals surface area contributed by atoms with Crippen molar-refractivity contribution in [2.24, 2.45) is 0 Å². The maximum absolute atomic E-state index is 12.8. The van der Waals surface area contributed by atoms with Gasteiger partial charge in [0.05, 0.1) is 11.3 Å². The van der Waals surface area contributed by atoms with E-state index in [1.165, 1.54) is 7.05 Å². The lowest BCUT2D eigenvalue weighted by Gasteiger charge is -2.04. The van der Waals surface area contributed by atoms with Crippen molar-refractivity contribution in [2.45, 2.75) is 0 Å². The van der Waals surface area contributed by atoms with Crippen LogP contribution in [0.1, 0.15) is 10.4 Å². The van der Waals surface area contributed by atoms with Gasteiger partial charge in [-0.1, -0.05) is 0 Å². The van der Waals surface area contributed by atoms with Crippen LogP contribution in [0, 0.1) is 11.6 Å². The van der Waals surface area contributed by atoms with Crippen LogP contribution in [0.3, 0.4) is 0 Å². The summed E-state index contributed by atoms with van der Waals surface area (Å²) in [5.41, 5.74) is 4.64. The summed E-state index contributed by atoms with van der Waals surface area (Å²) < 4.78 is 25.3. The molecule has 0 aliphatic heterocycles. The van der Waals surface area contributed by atoms with E-state index >= 15 is 0 Å². The Bertz CT molecular complexity index is 352. The first-order valence-corrected chi connectivity index (χ1v) is 3.53. The van der Waals surface area contributed by atoms with Gasteiger partial charge in [-0.3, -0.25) is 4.79 Å². The molecule has 0 aromatic heterocycles. The number of hydrogen-bond donors (Lipinski definition) is 2. The van der Waals surface area contributed by atoms with E-state index < -0.39 is 23.2 Å². The number of benzene rings is 1. The Hall–Kier alpha value is -1.65. The summed E-state index contributed by atoms with van der Waals surface area (Å²) in [5, 5.41) is 2.26. The highest BCUT2D eigenvalue weighted by molar-refractivity contribution is 5.99. The first kappa shape index (κ1) is 9.44. The van der Waals surface area contributed by atoms with Crippen molar-refractivity contribution in [3.8, 4) is 0 Å². The number of anilines is 1. The van der Waals surface area contributed by atoms with E-state index in [0.29, 0.717) is 0 Å². The van der Waals surface area contributed by atoms with Crippen LogP contribution in [0.4, 0.5) is 14.5 Å². The van der Waals surface area contributed by atoms with Crippen LogP contribution in [0.5, 0.6) is 0 Å². The number of hydrogen-bond acceptors (Lipinski definition) is 2. The van der Waals surface area contributed by atoms with E-state index in [9.17, 15) is 13.6 Å². The molecule has 0 atom stereocenters. The Morgan fingerprint density at radius 1 is 1.46 bits per heavy atom. The molecule has 0 unspecified atom stereocenters. The molecule has 0 bridgehead atoms. The minimum atomic E-state index is -1.19. The third-order valence-electron chi connectivity index (χ3n) is 1.60. The fourth-order valence-electron chi connectivity index (χ4n) is 0.899. The SMILES string of the molecule is CNC(=O)c1ccc(F)c(F)c1N. The van der Waals surface area contributed by atoms with Gasteiger partial charge in [-0.2, -0.15) is 0 Å². The number of carbonyl (C=O) groups is 1. The topological polar surface area (TPSA) is 55.1 Å². The predicted octanol–water partition coefficient (Wildman–Crippen LogP) is 0.907. The van der Waals surface area contributed by atoms with Crippen molar-refractivity contribution in [3.63, 3.8) is 0 Å². The monoisotopic (exact) mass is 186 g/mol. The van der Waals surface area contributed by atoms with Crippen molar-refractivity contribution in [1.82, 2.24) is 5.32 Å². The van der Waals surface area contributed by atoms with Gasteiger partial charge < -0.3 is 11.1 Å². The Labute approximate surface area is 73.5 Å². The molecule has 0 aliphatic carbocycles. The lowest BCUT2D eigenvalue weighted by atomic mass is 10.1.